The van der Waals surface area contributed by atoms with Crippen molar-refractivity contribution in [3.8, 4) is 5.75 Å². The normalized spacial score (nSPS) is 19.9. The highest BCUT2D eigenvalue weighted by Gasteiger charge is 2.35. The van der Waals surface area contributed by atoms with E-state index < -0.39 is 5.82 Å². The molecule has 0 spiro atoms. The molecule has 0 saturated carbocycles. The van der Waals surface area contributed by atoms with Crippen LogP contribution in [0.25, 0.3) is 0 Å². The van der Waals surface area contributed by atoms with Crippen molar-refractivity contribution in [2.45, 2.75) is 32.7 Å². The van der Waals surface area contributed by atoms with Crippen LogP contribution in [0, 0.1) is 11.2 Å². The molecule has 7 heteroatoms. The van der Waals surface area contributed by atoms with Gasteiger partial charge in [0.05, 0.1) is 13.0 Å². The second-order valence-electron chi connectivity index (χ2n) is 6.37. The maximum atomic E-state index is 13.6. The van der Waals surface area contributed by atoms with Crippen molar-refractivity contribution in [2.75, 3.05) is 19.7 Å². The van der Waals surface area contributed by atoms with E-state index >= 15 is 0 Å². The van der Waals surface area contributed by atoms with Gasteiger partial charge in [-0.05, 0) is 30.0 Å². The van der Waals surface area contributed by atoms with Gasteiger partial charge in [0.1, 0.15) is 0 Å². The average Bonchev–Trinajstić information content (AvgIpc) is 2.44. The van der Waals surface area contributed by atoms with Crippen molar-refractivity contribution >= 4 is 34.2 Å². The number of halogens is 3. The summed E-state index contributed by atoms with van der Waals surface area (Å²) in [4.78, 5) is 14.0. The van der Waals surface area contributed by atoms with Crippen LogP contribution in [0.3, 0.4) is 0 Å². The first kappa shape index (κ1) is 20.2. The first-order valence-corrected chi connectivity index (χ1v) is 8.20. The van der Waals surface area contributed by atoms with Gasteiger partial charge in [-0.15, -0.1) is 12.4 Å². The summed E-state index contributed by atoms with van der Waals surface area (Å²) >= 11 is 3.19. The average molecular weight is 410 g/mol. The Labute approximate surface area is 151 Å². The minimum atomic E-state index is -0.438. The van der Waals surface area contributed by atoms with Crippen molar-refractivity contribution in [1.82, 2.24) is 4.90 Å². The smallest absolute Gasteiger partial charge is 0.226 e. The van der Waals surface area contributed by atoms with E-state index in [0.717, 1.165) is 6.42 Å². The van der Waals surface area contributed by atoms with E-state index in [0.29, 0.717) is 17.6 Å². The zero-order valence-corrected chi connectivity index (χ0v) is 15.8. The minimum Gasteiger partial charge on any atom is -0.490 e. The number of piperidine rings is 1. The minimum absolute atomic E-state index is 0. The van der Waals surface area contributed by atoms with Gasteiger partial charge in [-0.3, -0.25) is 4.79 Å². The molecule has 0 bridgehead atoms. The Morgan fingerprint density at radius 2 is 2.22 bits per heavy atom. The number of hydrogen-bond acceptors (Lipinski definition) is 3. The summed E-state index contributed by atoms with van der Waals surface area (Å²) < 4.78 is 19.6. The lowest BCUT2D eigenvalue weighted by atomic mass is 9.79. The van der Waals surface area contributed by atoms with Crippen LogP contribution in [0.1, 0.15) is 26.7 Å². The highest BCUT2D eigenvalue weighted by Crippen LogP contribution is 2.28. The maximum absolute atomic E-state index is 13.6. The standard InChI is InChI=1S/C16H22BrFN2O2.ClH/c1-16(2)10-20(7-5-14(16)19)15(21)6-8-22-13-4-3-11(17)9-12(13)18;/h3-4,9,14H,5-8,10,19H2,1-2H3;1H. The van der Waals surface area contributed by atoms with Crippen molar-refractivity contribution in [3.63, 3.8) is 0 Å². The van der Waals surface area contributed by atoms with Crippen molar-refractivity contribution in [3.05, 3.63) is 28.5 Å². The molecule has 0 aromatic heterocycles. The molecule has 1 amide bonds. The fraction of sp³-hybridized carbons (Fsp3) is 0.562. The molecule has 1 heterocycles. The predicted molar refractivity (Wildman–Crippen MR) is 94.4 cm³/mol. The number of nitrogens with zero attached hydrogens (tertiary/aromatic N) is 1. The number of carbonyl (C=O) groups is 1. The number of amides is 1. The molecule has 1 saturated heterocycles. The zero-order chi connectivity index (χ0) is 16.3. The van der Waals surface area contributed by atoms with Gasteiger partial charge >= 0.3 is 0 Å². The van der Waals surface area contributed by atoms with Gasteiger partial charge in [0, 0.05) is 23.6 Å². The molecule has 4 nitrogen and oxygen atoms in total. The van der Waals surface area contributed by atoms with Crippen molar-refractivity contribution in [1.29, 1.82) is 0 Å². The SMILES string of the molecule is CC1(C)CN(C(=O)CCOc2ccc(Br)cc2F)CCC1N.Cl. The Kier molecular flexibility index (Phi) is 7.29. The molecule has 1 aromatic rings. The highest BCUT2D eigenvalue weighted by molar-refractivity contribution is 9.10. The maximum Gasteiger partial charge on any atom is 0.226 e. The molecule has 0 aliphatic carbocycles. The lowest BCUT2D eigenvalue weighted by Gasteiger charge is -2.42. The molecule has 1 fully saturated rings. The van der Waals surface area contributed by atoms with E-state index in [9.17, 15) is 9.18 Å². The van der Waals surface area contributed by atoms with Crippen LogP contribution in [0.4, 0.5) is 4.39 Å². The second-order valence-corrected chi connectivity index (χ2v) is 7.29. The summed E-state index contributed by atoms with van der Waals surface area (Å²) in [6.07, 6.45) is 1.04. The molecular formula is C16H23BrClFN2O2. The summed E-state index contributed by atoms with van der Waals surface area (Å²) in [5.74, 6) is -0.249. The van der Waals surface area contributed by atoms with E-state index in [1.54, 1.807) is 12.1 Å². The Bertz CT molecular complexity index is 557. The molecular weight excluding hydrogens is 387 g/mol. The van der Waals surface area contributed by atoms with Crippen LogP contribution in [-0.4, -0.2) is 36.5 Å². The molecule has 23 heavy (non-hydrogen) atoms. The molecule has 2 N–H and O–H groups in total. The van der Waals surface area contributed by atoms with Gasteiger partial charge in [-0.2, -0.15) is 0 Å². The van der Waals surface area contributed by atoms with Gasteiger partial charge in [0.2, 0.25) is 5.91 Å². The van der Waals surface area contributed by atoms with Crippen LogP contribution in [-0.2, 0) is 4.79 Å². The molecule has 1 unspecified atom stereocenters. The summed E-state index contributed by atoms with van der Waals surface area (Å²) in [5, 5.41) is 0. The second kappa shape index (κ2) is 8.31. The van der Waals surface area contributed by atoms with E-state index in [1.807, 2.05) is 4.90 Å². The van der Waals surface area contributed by atoms with Crippen LogP contribution >= 0.6 is 28.3 Å². The molecule has 1 aliphatic heterocycles. The van der Waals surface area contributed by atoms with Gasteiger partial charge in [0.25, 0.3) is 0 Å². The summed E-state index contributed by atoms with van der Waals surface area (Å²) in [7, 11) is 0. The fourth-order valence-electron chi connectivity index (χ4n) is 2.59. The Balaban J connectivity index is 0.00000264. The number of hydrogen-bond donors (Lipinski definition) is 1. The third-order valence-electron chi connectivity index (χ3n) is 4.13. The van der Waals surface area contributed by atoms with Crippen LogP contribution in [0.5, 0.6) is 5.75 Å². The number of nitrogens with two attached hydrogens (primary N) is 1. The summed E-state index contributed by atoms with van der Waals surface area (Å²) in [6.45, 7) is 5.64. The first-order chi connectivity index (χ1) is 10.3. The van der Waals surface area contributed by atoms with Crippen molar-refractivity contribution < 1.29 is 13.9 Å². The van der Waals surface area contributed by atoms with Crippen molar-refractivity contribution in [2.24, 2.45) is 11.1 Å². The number of ether oxygens (including phenoxy) is 1. The van der Waals surface area contributed by atoms with Crippen LogP contribution in [0.2, 0.25) is 0 Å². The fourth-order valence-corrected chi connectivity index (χ4v) is 2.92. The van der Waals surface area contributed by atoms with E-state index in [1.165, 1.54) is 6.07 Å². The monoisotopic (exact) mass is 408 g/mol. The topological polar surface area (TPSA) is 55.6 Å². The summed E-state index contributed by atoms with van der Waals surface area (Å²) in [5.41, 5.74) is 5.99. The first-order valence-electron chi connectivity index (χ1n) is 7.41. The quantitative estimate of drug-likeness (QED) is 0.829. The number of carbonyl (C=O) groups excluding carboxylic acids is 1. The van der Waals surface area contributed by atoms with E-state index in [2.05, 4.69) is 29.8 Å². The molecule has 0 radical (unpaired) electrons. The Morgan fingerprint density at radius 1 is 1.52 bits per heavy atom. The number of rotatable bonds is 4. The van der Waals surface area contributed by atoms with Crippen LogP contribution < -0.4 is 10.5 Å². The third kappa shape index (κ3) is 5.33. The number of likely N-dealkylation sites (tertiary alicyclic amines) is 1. The van der Waals surface area contributed by atoms with E-state index in [4.69, 9.17) is 10.5 Å². The van der Waals surface area contributed by atoms with Gasteiger partial charge in [0.15, 0.2) is 11.6 Å². The van der Waals surface area contributed by atoms with E-state index in [-0.39, 0.29) is 48.5 Å². The summed E-state index contributed by atoms with van der Waals surface area (Å²) in [6, 6.07) is 4.71. The van der Waals surface area contributed by atoms with Gasteiger partial charge in [-0.25, -0.2) is 4.39 Å². The van der Waals surface area contributed by atoms with Gasteiger partial charge in [-0.1, -0.05) is 29.8 Å². The molecule has 1 aliphatic rings. The van der Waals surface area contributed by atoms with Gasteiger partial charge < -0.3 is 15.4 Å². The largest absolute Gasteiger partial charge is 0.490 e. The number of benzene rings is 1. The highest BCUT2D eigenvalue weighted by atomic mass is 79.9. The molecule has 1 atom stereocenters. The third-order valence-corrected chi connectivity index (χ3v) is 4.63. The Morgan fingerprint density at radius 3 is 2.83 bits per heavy atom. The lowest BCUT2D eigenvalue weighted by molar-refractivity contribution is -0.135. The molecule has 130 valence electrons. The zero-order valence-electron chi connectivity index (χ0n) is 13.4. The van der Waals surface area contributed by atoms with Crippen LogP contribution in [0.15, 0.2) is 22.7 Å². The lowest BCUT2D eigenvalue weighted by Crippen LogP contribution is -2.54. The molecule has 1 aromatic carbocycles. The Hall–Kier alpha value is -0.850. The molecule has 2 rings (SSSR count). The predicted octanol–water partition coefficient (Wildman–Crippen LogP) is 3.36.